The quantitative estimate of drug-likeness (QED) is 0.357. The minimum atomic E-state index is -0.477. The number of aliphatic hydroxyl groups is 1. The summed E-state index contributed by atoms with van der Waals surface area (Å²) in [6, 6.07) is 2.87. The van der Waals surface area contributed by atoms with Gasteiger partial charge in [0.1, 0.15) is 6.61 Å². The van der Waals surface area contributed by atoms with Crippen molar-refractivity contribution in [2.24, 2.45) is 0 Å². The Balaban J connectivity index is 2.05. The van der Waals surface area contributed by atoms with E-state index in [9.17, 15) is 10.1 Å². The molecule has 26 heavy (non-hydrogen) atoms. The molecule has 1 aliphatic heterocycles. The number of ether oxygens (including phenoxy) is 5. The fourth-order valence-corrected chi connectivity index (χ4v) is 2.55. The number of benzene rings is 1. The Kier molecular flexibility index (Phi) is 8.56. The molecule has 1 N–H and O–H groups in total. The highest BCUT2D eigenvalue weighted by atomic mass is 16.7. The molecule has 146 valence electrons. The van der Waals surface area contributed by atoms with Gasteiger partial charge in [-0.3, -0.25) is 10.1 Å². The largest absolute Gasteiger partial charge is 0.493 e. The molecule has 0 bridgehead atoms. The number of nitro benzene ring substituents is 1. The number of hydrogen-bond donors (Lipinski definition) is 1. The summed E-state index contributed by atoms with van der Waals surface area (Å²) < 4.78 is 27.0. The highest BCUT2D eigenvalue weighted by molar-refractivity contribution is 5.54. The number of rotatable bonds is 11. The SMILES string of the molecule is COc1cc(COC2CCCCO2)c([N+](=O)[O-])cc1OCCOCCO. The standard InChI is InChI=1S/C17H25NO8/c1-22-15-10-13(12-26-17-4-2-3-6-25-17)14(18(20)21)11-16(15)24-9-8-23-7-5-19/h10-11,17,19H,2-9,12H2,1H3. The van der Waals surface area contributed by atoms with Crippen LogP contribution in [-0.4, -0.2) is 56.5 Å². The molecular weight excluding hydrogens is 346 g/mol. The van der Waals surface area contributed by atoms with Crippen LogP contribution in [0.25, 0.3) is 0 Å². The van der Waals surface area contributed by atoms with Gasteiger partial charge in [0.05, 0.1) is 50.1 Å². The highest BCUT2D eigenvalue weighted by Gasteiger charge is 2.22. The van der Waals surface area contributed by atoms with E-state index >= 15 is 0 Å². The van der Waals surface area contributed by atoms with Gasteiger partial charge in [0.15, 0.2) is 17.8 Å². The Bertz CT molecular complexity index is 574. The first-order chi connectivity index (χ1) is 12.7. The molecule has 0 saturated carbocycles. The van der Waals surface area contributed by atoms with Gasteiger partial charge < -0.3 is 28.8 Å². The van der Waals surface area contributed by atoms with Crippen LogP contribution in [0.4, 0.5) is 5.69 Å². The molecule has 1 aliphatic rings. The summed E-state index contributed by atoms with van der Waals surface area (Å²) in [5, 5.41) is 20.1. The zero-order valence-electron chi connectivity index (χ0n) is 14.8. The lowest BCUT2D eigenvalue weighted by Gasteiger charge is -2.22. The summed E-state index contributed by atoms with van der Waals surface area (Å²) in [4.78, 5) is 10.9. The lowest BCUT2D eigenvalue weighted by atomic mass is 10.1. The molecule has 1 atom stereocenters. The Hall–Kier alpha value is -1.94. The van der Waals surface area contributed by atoms with E-state index in [1.54, 1.807) is 6.07 Å². The van der Waals surface area contributed by atoms with E-state index in [1.165, 1.54) is 13.2 Å². The van der Waals surface area contributed by atoms with Crippen molar-refractivity contribution in [3.8, 4) is 11.5 Å². The third-order valence-corrected chi connectivity index (χ3v) is 3.85. The predicted molar refractivity (Wildman–Crippen MR) is 91.4 cm³/mol. The first-order valence-corrected chi connectivity index (χ1v) is 8.55. The van der Waals surface area contributed by atoms with Crippen molar-refractivity contribution in [1.29, 1.82) is 0 Å². The van der Waals surface area contributed by atoms with Crippen LogP contribution in [0.3, 0.4) is 0 Å². The number of methoxy groups -OCH3 is 1. The van der Waals surface area contributed by atoms with Crippen molar-refractivity contribution >= 4 is 5.69 Å². The van der Waals surface area contributed by atoms with E-state index in [2.05, 4.69) is 0 Å². The van der Waals surface area contributed by atoms with Crippen molar-refractivity contribution in [3.63, 3.8) is 0 Å². The van der Waals surface area contributed by atoms with Crippen LogP contribution in [-0.2, 0) is 20.8 Å². The molecular formula is C17H25NO8. The van der Waals surface area contributed by atoms with Crippen molar-refractivity contribution < 1.29 is 33.7 Å². The average Bonchev–Trinajstić information content (AvgIpc) is 2.66. The van der Waals surface area contributed by atoms with Crippen molar-refractivity contribution in [2.75, 3.05) is 40.1 Å². The number of nitro groups is 1. The van der Waals surface area contributed by atoms with Crippen LogP contribution < -0.4 is 9.47 Å². The van der Waals surface area contributed by atoms with Gasteiger partial charge in [0.2, 0.25) is 0 Å². The van der Waals surface area contributed by atoms with E-state index in [-0.39, 0.29) is 50.8 Å². The van der Waals surface area contributed by atoms with Crippen molar-refractivity contribution in [2.45, 2.75) is 32.2 Å². The zero-order valence-corrected chi connectivity index (χ0v) is 14.8. The maximum absolute atomic E-state index is 11.4. The lowest BCUT2D eigenvalue weighted by Crippen LogP contribution is -2.22. The third kappa shape index (κ3) is 6.10. The molecule has 0 radical (unpaired) electrons. The highest BCUT2D eigenvalue weighted by Crippen LogP contribution is 2.35. The average molecular weight is 371 g/mol. The summed E-state index contributed by atoms with van der Waals surface area (Å²) in [5.41, 5.74) is 0.290. The zero-order chi connectivity index (χ0) is 18.8. The third-order valence-electron chi connectivity index (χ3n) is 3.85. The van der Waals surface area contributed by atoms with Gasteiger partial charge in [-0.25, -0.2) is 0 Å². The Labute approximate surface area is 151 Å². The molecule has 1 unspecified atom stereocenters. The maximum atomic E-state index is 11.4. The Morgan fingerprint density at radius 3 is 2.77 bits per heavy atom. The monoisotopic (exact) mass is 371 g/mol. The van der Waals surface area contributed by atoms with Crippen LogP contribution >= 0.6 is 0 Å². The second-order valence-corrected chi connectivity index (χ2v) is 5.68. The molecule has 0 spiro atoms. The summed E-state index contributed by atoms with van der Waals surface area (Å²) >= 11 is 0. The number of nitrogens with zero attached hydrogens (tertiary/aromatic N) is 1. The lowest BCUT2D eigenvalue weighted by molar-refractivity contribution is -0.386. The van der Waals surface area contributed by atoms with Gasteiger partial charge in [0, 0.05) is 6.61 Å². The van der Waals surface area contributed by atoms with E-state index in [0.717, 1.165) is 19.3 Å². The number of hydrogen-bond acceptors (Lipinski definition) is 8. The van der Waals surface area contributed by atoms with Crippen LogP contribution in [0.5, 0.6) is 11.5 Å². The summed E-state index contributed by atoms with van der Waals surface area (Å²) in [7, 11) is 1.46. The first kappa shape index (κ1) is 20.4. The molecule has 9 heteroatoms. The van der Waals surface area contributed by atoms with Crippen molar-refractivity contribution in [1.82, 2.24) is 0 Å². The van der Waals surface area contributed by atoms with Gasteiger partial charge >= 0.3 is 0 Å². The summed E-state index contributed by atoms with van der Waals surface area (Å²) in [6.07, 6.45) is 2.46. The fourth-order valence-electron chi connectivity index (χ4n) is 2.55. The minimum absolute atomic E-state index is 0.0528. The van der Waals surface area contributed by atoms with Crippen LogP contribution in [0.15, 0.2) is 12.1 Å². The topological polar surface area (TPSA) is 110 Å². The minimum Gasteiger partial charge on any atom is -0.493 e. The van der Waals surface area contributed by atoms with Crippen LogP contribution in [0.1, 0.15) is 24.8 Å². The first-order valence-electron chi connectivity index (χ1n) is 8.55. The Morgan fingerprint density at radius 1 is 1.27 bits per heavy atom. The molecule has 1 aromatic carbocycles. The molecule has 1 fully saturated rings. The van der Waals surface area contributed by atoms with E-state index in [0.29, 0.717) is 17.9 Å². The molecule has 0 amide bonds. The molecule has 1 heterocycles. The molecule has 2 rings (SSSR count). The van der Waals surface area contributed by atoms with E-state index in [1.807, 2.05) is 0 Å². The van der Waals surface area contributed by atoms with Gasteiger partial charge in [-0.1, -0.05) is 0 Å². The van der Waals surface area contributed by atoms with Gasteiger partial charge in [-0.2, -0.15) is 0 Å². The summed E-state index contributed by atoms with van der Waals surface area (Å²) in [5.74, 6) is 0.630. The normalized spacial score (nSPS) is 17.1. The Morgan fingerprint density at radius 2 is 2.12 bits per heavy atom. The molecule has 0 aromatic heterocycles. The second kappa shape index (κ2) is 10.9. The van der Waals surface area contributed by atoms with Crippen molar-refractivity contribution in [3.05, 3.63) is 27.8 Å². The maximum Gasteiger partial charge on any atom is 0.278 e. The molecule has 9 nitrogen and oxygen atoms in total. The smallest absolute Gasteiger partial charge is 0.278 e. The number of aliphatic hydroxyl groups excluding tert-OH is 1. The van der Waals surface area contributed by atoms with Gasteiger partial charge in [0.25, 0.3) is 5.69 Å². The second-order valence-electron chi connectivity index (χ2n) is 5.68. The molecule has 1 aromatic rings. The van der Waals surface area contributed by atoms with Crippen LogP contribution in [0, 0.1) is 10.1 Å². The van der Waals surface area contributed by atoms with Gasteiger partial charge in [-0.15, -0.1) is 0 Å². The van der Waals surface area contributed by atoms with Crippen LogP contribution in [0.2, 0.25) is 0 Å². The molecule has 0 aliphatic carbocycles. The molecule has 1 saturated heterocycles. The fraction of sp³-hybridized carbons (Fsp3) is 0.647. The predicted octanol–water partition coefficient (Wildman–Crippen LogP) is 2.03. The van der Waals surface area contributed by atoms with Gasteiger partial charge in [-0.05, 0) is 25.3 Å². The summed E-state index contributed by atoms with van der Waals surface area (Å²) in [6.45, 7) is 1.26. The van der Waals surface area contributed by atoms with E-state index < -0.39 is 4.92 Å². The van der Waals surface area contributed by atoms with E-state index in [4.69, 9.17) is 28.8 Å².